The van der Waals surface area contributed by atoms with Crippen LogP contribution in [0.4, 0.5) is 0 Å². The smallest absolute Gasteiger partial charge is 0.314 e. The molecular formula is C21H19N3O4. The molecule has 0 bridgehead atoms. The van der Waals surface area contributed by atoms with Gasteiger partial charge in [0.1, 0.15) is 0 Å². The van der Waals surface area contributed by atoms with E-state index in [-0.39, 0.29) is 11.5 Å². The fraction of sp³-hybridized carbons (Fsp3) is 0.190. The number of carbonyl (C=O) groups is 1. The van der Waals surface area contributed by atoms with Crippen molar-refractivity contribution in [1.29, 1.82) is 0 Å². The van der Waals surface area contributed by atoms with Crippen LogP contribution in [0, 0.1) is 10.1 Å². The summed E-state index contributed by atoms with van der Waals surface area (Å²) < 4.78 is 5.07. The van der Waals surface area contributed by atoms with E-state index in [2.05, 4.69) is 9.97 Å². The highest BCUT2D eigenvalue weighted by molar-refractivity contribution is 5.92. The van der Waals surface area contributed by atoms with E-state index in [1.165, 1.54) is 7.11 Å². The molecule has 0 amide bonds. The quantitative estimate of drug-likeness (QED) is 0.302. The van der Waals surface area contributed by atoms with Gasteiger partial charge >= 0.3 is 5.97 Å². The molecule has 0 fully saturated rings. The molecule has 0 saturated carbocycles. The molecule has 2 N–H and O–H groups in total. The van der Waals surface area contributed by atoms with E-state index in [4.69, 9.17) is 4.74 Å². The lowest BCUT2D eigenvalue weighted by Gasteiger charge is -2.22. The van der Waals surface area contributed by atoms with Crippen LogP contribution in [0.5, 0.6) is 0 Å². The zero-order valence-corrected chi connectivity index (χ0v) is 15.2. The number of para-hydroxylation sites is 2. The van der Waals surface area contributed by atoms with Crippen molar-refractivity contribution in [3.8, 4) is 0 Å². The molecule has 0 saturated heterocycles. The average molecular weight is 377 g/mol. The lowest BCUT2D eigenvalue weighted by molar-refractivity contribution is -0.483. The Morgan fingerprint density at radius 3 is 2.11 bits per heavy atom. The SMILES string of the molecule is COC(=O)[C@@H](c1c[nH]c2ccccc12)[C@@H](C[N+](=O)[O-])c1c[nH]c2ccccc12. The van der Waals surface area contributed by atoms with E-state index in [0.29, 0.717) is 5.56 Å². The van der Waals surface area contributed by atoms with Gasteiger partial charge in [-0.2, -0.15) is 0 Å². The Labute approximate surface area is 160 Å². The van der Waals surface area contributed by atoms with Gasteiger partial charge in [-0.1, -0.05) is 36.4 Å². The molecule has 4 rings (SSSR count). The van der Waals surface area contributed by atoms with E-state index in [9.17, 15) is 14.9 Å². The third-order valence-electron chi connectivity index (χ3n) is 5.18. The molecule has 142 valence electrons. The number of nitro groups is 1. The molecular weight excluding hydrogens is 358 g/mol. The summed E-state index contributed by atoms with van der Waals surface area (Å²) in [4.78, 5) is 30.3. The summed E-state index contributed by atoms with van der Waals surface area (Å²) >= 11 is 0. The average Bonchev–Trinajstić information content (AvgIpc) is 3.31. The van der Waals surface area contributed by atoms with Gasteiger partial charge < -0.3 is 14.7 Å². The summed E-state index contributed by atoms with van der Waals surface area (Å²) in [5.74, 6) is -1.99. The predicted molar refractivity (Wildman–Crippen MR) is 106 cm³/mol. The second kappa shape index (κ2) is 7.19. The Balaban J connectivity index is 1.92. The van der Waals surface area contributed by atoms with Gasteiger partial charge in [0.25, 0.3) is 0 Å². The van der Waals surface area contributed by atoms with E-state index in [1.807, 2.05) is 48.5 Å². The number of hydrogen-bond acceptors (Lipinski definition) is 4. The predicted octanol–water partition coefficient (Wildman–Crippen LogP) is 3.97. The Hall–Kier alpha value is -3.61. The monoisotopic (exact) mass is 377 g/mol. The molecule has 2 aromatic carbocycles. The third-order valence-corrected chi connectivity index (χ3v) is 5.18. The first-order valence-electron chi connectivity index (χ1n) is 8.91. The topological polar surface area (TPSA) is 101 Å². The van der Waals surface area contributed by atoms with Crippen LogP contribution in [0.15, 0.2) is 60.9 Å². The van der Waals surface area contributed by atoms with Crippen LogP contribution >= 0.6 is 0 Å². The molecule has 7 nitrogen and oxygen atoms in total. The van der Waals surface area contributed by atoms with Gasteiger partial charge in [-0.3, -0.25) is 14.9 Å². The molecule has 0 spiro atoms. The molecule has 2 heterocycles. The van der Waals surface area contributed by atoms with Gasteiger partial charge in [0, 0.05) is 39.1 Å². The van der Waals surface area contributed by atoms with E-state index in [1.54, 1.807) is 12.4 Å². The number of rotatable bonds is 6. The maximum atomic E-state index is 12.8. The minimum Gasteiger partial charge on any atom is -0.469 e. The van der Waals surface area contributed by atoms with Crippen LogP contribution in [0.25, 0.3) is 21.8 Å². The molecule has 2 aromatic heterocycles. The summed E-state index contributed by atoms with van der Waals surface area (Å²) in [7, 11) is 1.31. The Bertz CT molecular complexity index is 1160. The van der Waals surface area contributed by atoms with Crippen LogP contribution in [0.2, 0.25) is 0 Å². The lowest BCUT2D eigenvalue weighted by Crippen LogP contribution is -2.27. The number of benzene rings is 2. The number of hydrogen-bond donors (Lipinski definition) is 2. The Kier molecular flexibility index (Phi) is 4.57. The minimum atomic E-state index is -0.814. The zero-order chi connectivity index (χ0) is 19.7. The summed E-state index contributed by atoms with van der Waals surface area (Å²) in [5, 5.41) is 13.2. The number of nitrogens with one attached hydrogen (secondary N) is 2. The van der Waals surface area contributed by atoms with Crippen LogP contribution in [0.1, 0.15) is 23.0 Å². The molecule has 2 atom stereocenters. The van der Waals surface area contributed by atoms with Gasteiger partial charge in [0.2, 0.25) is 6.54 Å². The van der Waals surface area contributed by atoms with Crippen LogP contribution in [0.3, 0.4) is 0 Å². The standard InChI is InChI=1S/C21H19N3O4/c1-28-21(25)20(16-11-23-19-9-5-3-7-14(16)19)17(12-24(26)27)15-10-22-18-8-4-2-6-13(15)18/h2-11,17,20,22-23H,12H2,1H3/t17-,20-/m0/s1. The van der Waals surface area contributed by atoms with Crippen LogP contribution < -0.4 is 0 Å². The molecule has 0 radical (unpaired) electrons. The van der Waals surface area contributed by atoms with Crippen molar-refractivity contribution in [2.45, 2.75) is 11.8 Å². The first-order chi connectivity index (χ1) is 13.6. The number of H-pyrrole nitrogens is 2. The fourth-order valence-electron chi connectivity index (χ4n) is 3.93. The van der Waals surface area contributed by atoms with Crippen molar-refractivity contribution in [3.63, 3.8) is 0 Å². The number of methoxy groups -OCH3 is 1. The number of aromatic amines is 2. The molecule has 0 aliphatic rings. The second-order valence-electron chi connectivity index (χ2n) is 6.70. The number of carbonyl (C=O) groups excluding carboxylic acids is 1. The number of ether oxygens (including phenoxy) is 1. The first-order valence-corrected chi connectivity index (χ1v) is 8.91. The largest absolute Gasteiger partial charge is 0.469 e. The van der Waals surface area contributed by atoms with Gasteiger partial charge in [0.15, 0.2) is 0 Å². The maximum absolute atomic E-state index is 12.8. The van der Waals surface area contributed by atoms with Crippen molar-refractivity contribution in [2.24, 2.45) is 0 Å². The highest BCUT2D eigenvalue weighted by atomic mass is 16.6. The summed E-state index contributed by atoms with van der Waals surface area (Å²) in [5.41, 5.74) is 3.16. The van der Waals surface area contributed by atoms with Crippen molar-refractivity contribution >= 4 is 27.8 Å². The Morgan fingerprint density at radius 1 is 1.00 bits per heavy atom. The van der Waals surface area contributed by atoms with Gasteiger partial charge in [-0.15, -0.1) is 0 Å². The summed E-state index contributed by atoms with van der Waals surface area (Å²) in [6.45, 7) is -0.388. The lowest BCUT2D eigenvalue weighted by atomic mass is 9.81. The van der Waals surface area contributed by atoms with Crippen LogP contribution in [-0.2, 0) is 9.53 Å². The van der Waals surface area contributed by atoms with Crippen LogP contribution in [-0.4, -0.2) is 34.5 Å². The van der Waals surface area contributed by atoms with Crippen molar-refractivity contribution in [1.82, 2.24) is 9.97 Å². The number of fused-ring (bicyclic) bond motifs is 2. The molecule has 7 heteroatoms. The molecule has 4 aromatic rings. The van der Waals surface area contributed by atoms with Gasteiger partial charge in [-0.05, 0) is 23.3 Å². The van der Waals surface area contributed by atoms with E-state index in [0.717, 1.165) is 27.4 Å². The van der Waals surface area contributed by atoms with Gasteiger partial charge in [-0.25, -0.2) is 0 Å². The van der Waals surface area contributed by atoms with Crippen molar-refractivity contribution in [2.75, 3.05) is 13.7 Å². The molecule has 0 aliphatic carbocycles. The molecule has 0 aliphatic heterocycles. The maximum Gasteiger partial charge on any atom is 0.314 e. The van der Waals surface area contributed by atoms with E-state index >= 15 is 0 Å². The number of nitrogens with zero attached hydrogens (tertiary/aromatic N) is 1. The minimum absolute atomic E-state index is 0.378. The third kappa shape index (κ3) is 3.00. The normalized spacial score (nSPS) is 13.5. The number of esters is 1. The highest BCUT2D eigenvalue weighted by Crippen LogP contribution is 2.40. The first kappa shape index (κ1) is 17.8. The second-order valence-corrected chi connectivity index (χ2v) is 6.70. The molecule has 0 unspecified atom stereocenters. The number of aromatic nitrogens is 2. The molecule has 28 heavy (non-hydrogen) atoms. The zero-order valence-electron chi connectivity index (χ0n) is 15.2. The summed E-state index contributed by atoms with van der Waals surface area (Å²) in [6.07, 6.45) is 3.50. The Morgan fingerprint density at radius 2 is 1.54 bits per heavy atom. The van der Waals surface area contributed by atoms with Gasteiger partial charge in [0.05, 0.1) is 18.9 Å². The highest BCUT2D eigenvalue weighted by Gasteiger charge is 2.38. The summed E-state index contributed by atoms with van der Waals surface area (Å²) in [6, 6.07) is 15.1. The fourth-order valence-corrected chi connectivity index (χ4v) is 3.93. The van der Waals surface area contributed by atoms with E-state index < -0.39 is 17.8 Å². The van der Waals surface area contributed by atoms with Crippen molar-refractivity contribution < 1.29 is 14.5 Å². The van der Waals surface area contributed by atoms with Crippen molar-refractivity contribution in [3.05, 3.63) is 82.2 Å².